The van der Waals surface area contributed by atoms with E-state index in [2.05, 4.69) is 11.2 Å². The van der Waals surface area contributed by atoms with Gasteiger partial charge in [-0.05, 0) is 25.5 Å². The van der Waals surface area contributed by atoms with E-state index in [0.29, 0.717) is 5.75 Å². The highest BCUT2D eigenvalue weighted by atomic mass is 16.6. The lowest BCUT2D eigenvalue weighted by atomic mass is 10.1. The SMILES string of the molecule is CC/C(=N\Oc1ccccc1)C(C)C#N. The summed E-state index contributed by atoms with van der Waals surface area (Å²) < 4.78 is 0. The van der Waals surface area contributed by atoms with E-state index in [1.807, 2.05) is 44.2 Å². The van der Waals surface area contributed by atoms with Crippen LogP contribution in [0.1, 0.15) is 20.3 Å². The van der Waals surface area contributed by atoms with Crippen molar-refractivity contribution in [2.24, 2.45) is 11.1 Å². The third-order valence-corrected chi connectivity index (χ3v) is 2.07. The van der Waals surface area contributed by atoms with Crippen LogP contribution in [0.5, 0.6) is 5.75 Å². The smallest absolute Gasteiger partial charge is 0.157 e. The molecule has 3 heteroatoms. The number of nitrogens with zero attached hydrogens (tertiary/aromatic N) is 2. The maximum Gasteiger partial charge on any atom is 0.157 e. The highest BCUT2D eigenvalue weighted by molar-refractivity contribution is 5.87. The van der Waals surface area contributed by atoms with Gasteiger partial charge in [0.25, 0.3) is 0 Å². The molecule has 1 rings (SSSR count). The molecular weight excluding hydrogens is 188 g/mol. The van der Waals surface area contributed by atoms with E-state index < -0.39 is 0 Å². The molecular formula is C12H14N2O. The fourth-order valence-corrected chi connectivity index (χ4v) is 1.12. The van der Waals surface area contributed by atoms with Gasteiger partial charge in [0.05, 0.1) is 17.7 Å². The third kappa shape index (κ3) is 3.43. The quantitative estimate of drug-likeness (QED) is 0.556. The lowest BCUT2D eigenvalue weighted by molar-refractivity contribution is 0.337. The van der Waals surface area contributed by atoms with E-state index >= 15 is 0 Å². The van der Waals surface area contributed by atoms with Crippen LogP contribution in [0.2, 0.25) is 0 Å². The zero-order chi connectivity index (χ0) is 11.1. The monoisotopic (exact) mass is 202 g/mol. The van der Waals surface area contributed by atoms with Gasteiger partial charge in [0.1, 0.15) is 0 Å². The number of para-hydroxylation sites is 1. The molecule has 0 radical (unpaired) electrons. The van der Waals surface area contributed by atoms with Gasteiger partial charge in [-0.1, -0.05) is 30.3 Å². The Hall–Kier alpha value is -1.82. The van der Waals surface area contributed by atoms with E-state index in [0.717, 1.165) is 12.1 Å². The Morgan fingerprint density at radius 2 is 2.13 bits per heavy atom. The molecule has 1 unspecified atom stereocenters. The average Bonchev–Trinajstić information content (AvgIpc) is 2.31. The van der Waals surface area contributed by atoms with Gasteiger partial charge < -0.3 is 4.84 Å². The summed E-state index contributed by atoms with van der Waals surface area (Å²) >= 11 is 0. The first kappa shape index (κ1) is 11.3. The summed E-state index contributed by atoms with van der Waals surface area (Å²) in [4.78, 5) is 5.22. The van der Waals surface area contributed by atoms with E-state index in [9.17, 15) is 0 Å². The van der Waals surface area contributed by atoms with Crippen LogP contribution in [0.15, 0.2) is 35.5 Å². The normalized spacial score (nSPS) is 13.0. The molecule has 1 aromatic carbocycles. The molecule has 0 bridgehead atoms. The Kier molecular flexibility index (Phi) is 4.36. The number of oxime groups is 1. The first-order valence-electron chi connectivity index (χ1n) is 4.96. The number of hydrogen-bond acceptors (Lipinski definition) is 3. The Morgan fingerprint density at radius 1 is 1.47 bits per heavy atom. The van der Waals surface area contributed by atoms with Gasteiger partial charge in [-0.15, -0.1) is 0 Å². The van der Waals surface area contributed by atoms with Crippen molar-refractivity contribution in [3.63, 3.8) is 0 Å². The molecule has 0 heterocycles. The van der Waals surface area contributed by atoms with Crippen LogP contribution in [-0.4, -0.2) is 5.71 Å². The minimum absolute atomic E-state index is 0.196. The van der Waals surface area contributed by atoms with Crippen molar-refractivity contribution < 1.29 is 4.84 Å². The van der Waals surface area contributed by atoms with E-state index in [-0.39, 0.29) is 5.92 Å². The first-order chi connectivity index (χ1) is 7.27. The van der Waals surface area contributed by atoms with Gasteiger partial charge in [0.15, 0.2) is 5.75 Å². The molecule has 0 amide bonds. The number of benzene rings is 1. The van der Waals surface area contributed by atoms with E-state index in [1.54, 1.807) is 0 Å². The molecule has 0 saturated heterocycles. The summed E-state index contributed by atoms with van der Waals surface area (Å²) in [6.07, 6.45) is 0.724. The van der Waals surface area contributed by atoms with Crippen LogP contribution in [0.3, 0.4) is 0 Å². The van der Waals surface area contributed by atoms with Crippen LogP contribution in [0.4, 0.5) is 0 Å². The minimum Gasteiger partial charge on any atom is -0.357 e. The first-order valence-corrected chi connectivity index (χ1v) is 4.96. The Labute approximate surface area is 90.0 Å². The summed E-state index contributed by atoms with van der Waals surface area (Å²) in [5, 5.41) is 12.7. The Morgan fingerprint density at radius 3 is 2.67 bits per heavy atom. The molecule has 0 aromatic heterocycles. The Bertz CT molecular complexity index is 365. The molecule has 15 heavy (non-hydrogen) atoms. The Balaban J connectivity index is 2.67. The summed E-state index contributed by atoms with van der Waals surface area (Å²) in [6, 6.07) is 11.5. The molecule has 0 N–H and O–H groups in total. The summed E-state index contributed by atoms with van der Waals surface area (Å²) in [5.41, 5.74) is 0.765. The van der Waals surface area contributed by atoms with Crippen molar-refractivity contribution in [2.45, 2.75) is 20.3 Å². The van der Waals surface area contributed by atoms with Gasteiger partial charge in [-0.25, -0.2) is 0 Å². The summed E-state index contributed by atoms with van der Waals surface area (Å²) in [5.74, 6) is 0.493. The number of hydrogen-bond donors (Lipinski definition) is 0. The van der Waals surface area contributed by atoms with Crippen molar-refractivity contribution in [2.75, 3.05) is 0 Å². The third-order valence-electron chi connectivity index (χ3n) is 2.07. The van der Waals surface area contributed by atoms with Gasteiger partial charge in [0, 0.05) is 0 Å². The predicted octanol–water partition coefficient (Wildman–Crippen LogP) is 2.99. The standard InChI is InChI=1S/C12H14N2O/c1-3-12(10(2)9-13)14-15-11-7-5-4-6-8-11/h4-8,10H,3H2,1-2H3/b14-12+. The topological polar surface area (TPSA) is 45.4 Å². The van der Waals surface area contributed by atoms with Crippen molar-refractivity contribution in [3.05, 3.63) is 30.3 Å². The second kappa shape index (κ2) is 5.82. The zero-order valence-corrected chi connectivity index (χ0v) is 8.97. The van der Waals surface area contributed by atoms with Crippen LogP contribution >= 0.6 is 0 Å². The van der Waals surface area contributed by atoms with Crippen molar-refractivity contribution >= 4 is 5.71 Å². The van der Waals surface area contributed by atoms with Crippen molar-refractivity contribution in [1.82, 2.24) is 0 Å². The number of nitriles is 1. The predicted molar refractivity (Wildman–Crippen MR) is 59.6 cm³/mol. The molecule has 3 nitrogen and oxygen atoms in total. The van der Waals surface area contributed by atoms with Crippen molar-refractivity contribution in [3.8, 4) is 11.8 Å². The molecule has 0 aliphatic rings. The molecule has 78 valence electrons. The fourth-order valence-electron chi connectivity index (χ4n) is 1.12. The van der Waals surface area contributed by atoms with Gasteiger partial charge >= 0.3 is 0 Å². The zero-order valence-electron chi connectivity index (χ0n) is 8.97. The van der Waals surface area contributed by atoms with Gasteiger partial charge in [-0.3, -0.25) is 0 Å². The maximum absolute atomic E-state index is 8.75. The fraction of sp³-hybridized carbons (Fsp3) is 0.333. The van der Waals surface area contributed by atoms with Gasteiger partial charge in [0.2, 0.25) is 0 Å². The maximum atomic E-state index is 8.75. The van der Waals surface area contributed by atoms with Gasteiger partial charge in [-0.2, -0.15) is 5.26 Å². The highest BCUT2D eigenvalue weighted by Crippen LogP contribution is 2.10. The molecule has 0 spiro atoms. The summed E-state index contributed by atoms with van der Waals surface area (Å²) in [7, 11) is 0. The van der Waals surface area contributed by atoms with E-state index in [4.69, 9.17) is 10.1 Å². The molecule has 0 fully saturated rings. The average molecular weight is 202 g/mol. The largest absolute Gasteiger partial charge is 0.357 e. The molecule has 0 aliphatic carbocycles. The lowest BCUT2D eigenvalue weighted by Gasteiger charge is -2.04. The van der Waals surface area contributed by atoms with Crippen LogP contribution in [0, 0.1) is 17.2 Å². The molecule has 0 aliphatic heterocycles. The number of rotatable bonds is 4. The lowest BCUT2D eigenvalue weighted by Crippen LogP contribution is -2.09. The van der Waals surface area contributed by atoms with Crippen molar-refractivity contribution in [1.29, 1.82) is 5.26 Å². The molecule has 1 aromatic rings. The van der Waals surface area contributed by atoms with Crippen LogP contribution < -0.4 is 4.84 Å². The second-order valence-corrected chi connectivity index (χ2v) is 3.19. The molecule has 1 atom stereocenters. The molecule has 0 saturated carbocycles. The van der Waals surface area contributed by atoms with E-state index in [1.165, 1.54) is 0 Å². The second-order valence-electron chi connectivity index (χ2n) is 3.19. The highest BCUT2D eigenvalue weighted by Gasteiger charge is 2.07. The van der Waals surface area contributed by atoms with Crippen LogP contribution in [0.25, 0.3) is 0 Å². The summed E-state index contributed by atoms with van der Waals surface area (Å²) in [6.45, 7) is 3.78. The van der Waals surface area contributed by atoms with Crippen LogP contribution in [-0.2, 0) is 0 Å². The minimum atomic E-state index is -0.196.